The van der Waals surface area contributed by atoms with Gasteiger partial charge in [0, 0.05) is 16.5 Å². The van der Waals surface area contributed by atoms with E-state index in [9.17, 15) is 0 Å². The Morgan fingerprint density at radius 2 is 0.737 bits per heavy atom. The molecule has 0 atom stereocenters. The zero-order valence-electron chi connectivity index (χ0n) is 41.4. The molecule has 15 aromatic rings. The van der Waals surface area contributed by atoms with Crippen molar-refractivity contribution in [3.05, 3.63) is 295 Å². The Morgan fingerprint density at radius 3 is 1.43 bits per heavy atom. The highest BCUT2D eigenvalue weighted by Gasteiger charge is 2.53. The molecular formula is C75H45N. The maximum absolute atomic E-state index is 2.49. The molecule has 0 radical (unpaired) electrons. The maximum atomic E-state index is 2.49. The summed E-state index contributed by atoms with van der Waals surface area (Å²) in [6.45, 7) is 0. The number of nitrogens with zero attached hydrogens (tertiary/aromatic N) is 1. The molecule has 0 saturated carbocycles. The van der Waals surface area contributed by atoms with Gasteiger partial charge in [-0.15, -0.1) is 0 Å². The summed E-state index contributed by atoms with van der Waals surface area (Å²) in [4.78, 5) is 0. The molecule has 0 amide bonds. The van der Waals surface area contributed by atoms with E-state index in [-0.39, 0.29) is 0 Å². The van der Waals surface area contributed by atoms with Crippen LogP contribution in [0.15, 0.2) is 273 Å². The van der Waals surface area contributed by atoms with Gasteiger partial charge in [0.15, 0.2) is 0 Å². The van der Waals surface area contributed by atoms with E-state index in [1.54, 1.807) is 0 Å². The highest BCUT2D eigenvalue weighted by Crippen LogP contribution is 2.66. The van der Waals surface area contributed by atoms with Crippen LogP contribution in [0.5, 0.6) is 0 Å². The standard InChI is InChI=1S/C75H45N/c1-2-22-51(23-3-1)76-68-36-17-14-28-56(68)64-45-50(39-42-69(64)76)71-60-32-10-8-30-58(60)70(59-31-9-11-33-61(59)71)49-21-18-20-47(43-49)48-37-40-62-63(44-48)53-25-6-7-29-57(53)73-72-52-24-5-4-19-46(52)38-41-67(72)75(74(62)73)65-34-15-12-26-54(65)55-27-13-16-35-66(55)75/h1-45H. The van der Waals surface area contributed by atoms with Gasteiger partial charge in [-0.25, -0.2) is 0 Å². The maximum Gasteiger partial charge on any atom is 0.0732 e. The van der Waals surface area contributed by atoms with Crippen molar-refractivity contribution in [1.29, 1.82) is 0 Å². The minimum Gasteiger partial charge on any atom is -0.309 e. The predicted octanol–water partition coefficient (Wildman–Crippen LogP) is 19.9. The normalized spacial score (nSPS) is 13.1. The monoisotopic (exact) mass is 959 g/mol. The molecule has 0 aliphatic heterocycles. The fraction of sp³-hybridized carbons (Fsp3) is 0.0133. The number of para-hydroxylation sites is 2. The van der Waals surface area contributed by atoms with Crippen molar-refractivity contribution < 1.29 is 0 Å². The van der Waals surface area contributed by atoms with Crippen molar-refractivity contribution in [2.75, 3.05) is 0 Å². The average Bonchev–Trinajstić information content (AvgIpc) is 3.78. The fourth-order valence-corrected chi connectivity index (χ4v) is 14.4. The highest BCUT2D eigenvalue weighted by atomic mass is 15.0. The summed E-state index contributed by atoms with van der Waals surface area (Å²) >= 11 is 0. The Labute approximate surface area is 439 Å². The van der Waals surface area contributed by atoms with Crippen LogP contribution in [0.1, 0.15) is 22.3 Å². The molecule has 350 valence electrons. The molecule has 1 aromatic heterocycles. The van der Waals surface area contributed by atoms with Gasteiger partial charge in [0.2, 0.25) is 0 Å². The third kappa shape index (κ3) is 5.48. The Hall–Kier alpha value is -9.82. The summed E-state index contributed by atoms with van der Waals surface area (Å²) in [5.74, 6) is 0. The minimum atomic E-state index is -0.493. The minimum absolute atomic E-state index is 0.493. The van der Waals surface area contributed by atoms with E-state index in [1.807, 2.05) is 0 Å². The molecule has 1 spiro atoms. The highest BCUT2D eigenvalue weighted by molar-refractivity contribution is 6.25. The molecule has 14 aromatic carbocycles. The van der Waals surface area contributed by atoms with E-state index < -0.39 is 5.41 Å². The van der Waals surface area contributed by atoms with Crippen LogP contribution in [0, 0.1) is 0 Å². The van der Waals surface area contributed by atoms with Crippen LogP contribution in [-0.2, 0) is 5.41 Å². The molecule has 0 bridgehead atoms. The number of hydrogen-bond donors (Lipinski definition) is 0. The smallest absolute Gasteiger partial charge is 0.0732 e. The van der Waals surface area contributed by atoms with Crippen molar-refractivity contribution in [2.24, 2.45) is 0 Å². The van der Waals surface area contributed by atoms with E-state index in [0.29, 0.717) is 0 Å². The second-order valence-corrected chi connectivity index (χ2v) is 20.9. The molecule has 1 heteroatoms. The van der Waals surface area contributed by atoms with Gasteiger partial charge in [-0.2, -0.15) is 0 Å². The molecule has 0 fully saturated rings. The lowest BCUT2D eigenvalue weighted by molar-refractivity contribution is 0.802. The summed E-state index contributed by atoms with van der Waals surface area (Å²) in [7, 11) is 0. The van der Waals surface area contributed by atoms with Crippen molar-refractivity contribution in [2.45, 2.75) is 5.41 Å². The van der Waals surface area contributed by atoms with Crippen LogP contribution in [0.2, 0.25) is 0 Å². The van der Waals surface area contributed by atoms with Crippen molar-refractivity contribution in [3.8, 4) is 61.3 Å². The summed E-state index contributed by atoms with van der Waals surface area (Å²) in [5.41, 5.74) is 21.3. The van der Waals surface area contributed by atoms with Crippen LogP contribution in [0.4, 0.5) is 0 Å². The average molecular weight is 960 g/mol. The summed E-state index contributed by atoms with van der Waals surface area (Å²) in [5, 5.41) is 15.2. The molecule has 0 unspecified atom stereocenters. The van der Waals surface area contributed by atoms with E-state index in [0.717, 1.165) is 0 Å². The molecule has 76 heavy (non-hydrogen) atoms. The number of fused-ring (bicyclic) bond motifs is 22. The lowest BCUT2D eigenvalue weighted by Crippen LogP contribution is -2.26. The van der Waals surface area contributed by atoms with Crippen LogP contribution in [0.3, 0.4) is 0 Å². The first kappa shape index (κ1) is 41.6. The molecule has 1 heterocycles. The molecule has 17 rings (SSSR count). The number of rotatable bonds is 4. The number of benzene rings is 14. The van der Waals surface area contributed by atoms with Crippen LogP contribution in [-0.4, -0.2) is 4.57 Å². The van der Waals surface area contributed by atoms with Crippen molar-refractivity contribution >= 4 is 75.7 Å². The molecule has 0 saturated heterocycles. The first-order chi connectivity index (χ1) is 37.7. The zero-order chi connectivity index (χ0) is 49.6. The molecule has 2 aliphatic carbocycles. The van der Waals surface area contributed by atoms with Crippen molar-refractivity contribution in [3.63, 3.8) is 0 Å². The number of aromatic nitrogens is 1. The van der Waals surface area contributed by atoms with Crippen LogP contribution >= 0.6 is 0 Å². The topological polar surface area (TPSA) is 4.93 Å². The summed E-state index contributed by atoms with van der Waals surface area (Å²) in [6, 6.07) is 103. The van der Waals surface area contributed by atoms with Gasteiger partial charge in [0.1, 0.15) is 0 Å². The van der Waals surface area contributed by atoms with Gasteiger partial charge >= 0.3 is 0 Å². The second-order valence-electron chi connectivity index (χ2n) is 20.9. The Balaban J connectivity index is 0.878. The largest absolute Gasteiger partial charge is 0.309 e. The van der Waals surface area contributed by atoms with Crippen LogP contribution in [0.25, 0.3) is 137 Å². The first-order valence-corrected chi connectivity index (χ1v) is 26.6. The Morgan fingerprint density at radius 1 is 0.237 bits per heavy atom. The zero-order valence-corrected chi connectivity index (χ0v) is 41.4. The van der Waals surface area contributed by atoms with E-state index in [4.69, 9.17) is 0 Å². The molecule has 2 aliphatic rings. The van der Waals surface area contributed by atoms with Gasteiger partial charge in [-0.05, 0) is 174 Å². The third-order valence-electron chi connectivity index (χ3n) is 17.3. The van der Waals surface area contributed by atoms with Crippen LogP contribution < -0.4 is 0 Å². The van der Waals surface area contributed by atoms with Gasteiger partial charge < -0.3 is 4.57 Å². The predicted molar refractivity (Wildman–Crippen MR) is 321 cm³/mol. The molecule has 1 nitrogen and oxygen atoms in total. The van der Waals surface area contributed by atoms with E-state index in [2.05, 4.69) is 278 Å². The Bertz CT molecular complexity index is 4890. The lowest BCUT2D eigenvalue weighted by atomic mass is 9.69. The molecular weight excluding hydrogens is 915 g/mol. The van der Waals surface area contributed by atoms with Gasteiger partial charge in [-0.3, -0.25) is 0 Å². The van der Waals surface area contributed by atoms with Gasteiger partial charge in [-0.1, -0.05) is 231 Å². The lowest BCUT2D eigenvalue weighted by Gasteiger charge is -2.32. The van der Waals surface area contributed by atoms with Gasteiger partial charge in [0.25, 0.3) is 0 Å². The van der Waals surface area contributed by atoms with Gasteiger partial charge in [0.05, 0.1) is 16.4 Å². The van der Waals surface area contributed by atoms with E-state index >= 15 is 0 Å². The first-order valence-electron chi connectivity index (χ1n) is 26.6. The van der Waals surface area contributed by atoms with E-state index in [1.165, 1.54) is 159 Å². The fourth-order valence-electron chi connectivity index (χ4n) is 14.4. The third-order valence-corrected chi connectivity index (χ3v) is 17.3. The Kier molecular flexibility index (Phi) is 8.55. The molecule has 0 N–H and O–H groups in total. The second kappa shape index (κ2) is 15.6. The summed E-state index contributed by atoms with van der Waals surface area (Å²) < 4.78 is 2.40. The quantitative estimate of drug-likeness (QED) is 0.122. The SMILES string of the molecule is c1ccc(-n2c3ccccc3c3cc(-c4c5ccccc5c(-c5cccc(-c6ccc7c8c(c9ccccc9c7c6)-c6c(ccc7ccccc67)C86c7ccccc7-c7ccccc76)c5)c5ccccc45)ccc32)cc1. The summed E-state index contributed by atoms with van der Waals surface area (Å²) in [6.07, 6.45) is 0. The number of hydrogen-bond acceptors (Lipinski definition) is 0. The van der Waals surface area contributed by atoms with Crippen molar-refractivity contribution in [1.82, 2.24) is 4.57 Å².